The van der Waals surface area contributed by atoms with E-state index in [1.54, 1.807) is 12.2 Å². The second-order valence-electron chi connectivity index (χ2n) is 3.35. The zero-order valence-electron chi connectivity index (χ0n) is 8.58. The second-order valence-corrected chi connectivity index (χ2v) is 3.35. The van der Waals surface area contributed by atoms with Gasteiger partial charge in [0.05, 0.1) is 19.8 Å². The van der Waals surface area contributed by atoms with Crippen LogP contribution in [0.3, 0.4) is 0 Å². The van der Waals surface area contributed by atoms with Crippen LogP contribution in [0.4, 0.5) is 0 Å². The molecule has 1 rings (SSSR count). The molecule has 0 aliphatic carbocycles. The number of hydrogen-bond acceptors (Lipinski definition) is 4. The lowest BCUT2D eigenvalue weighted by Gasteiger charge is -2.23. The average molecular weight is 188 g/mol. The summed E-state index contributed by atoms with van der Waals surface area (Å²) in [7, 11) is 3.58. The van der Waals surface area contributed by atoms with Crippen LogP contribution in [0.5, 0.6) is 0 Å². The van der Waals surface area contributed by atoms with Crippen LogP contribution >= 0.6 is 0 Å². The standard InChI is InChI=1S/C9H20N2O2/c1-11(12-2)7-8-13-9-3-5-10-6-4-9/h9-10H,3-8H2,1-2H3. The van der Waals surface area contributed by atoms with Crippen molar-refractivity contribution in [2.45, 2.75) is 18.9 Å². The molecule has 4 nitrogen and oxygen atoms in total. The van der Waals surface area contributed by atoms with Gasteiger partial charge in [0, 0.05) is 13.6 Å². The van der Waals surface area contributed by atoms with Crippen LogP contribution in [0, 0.1) is 0 Å². The SMILES string of the molecule is CON(C)CCOC1CCNCC1. The first-order chi connectivity index (χ1) is 6.33. The molecular formula is C9H20N2O2. The predicted molar refractivity (Wildman–Crippen MR) is 51.5 cm³/mol. The molecule has 0 aromatic carbocycles. The molecule has 78 valence electrons. The molecule has 1 aliphatic rings. The summed E-state index contributed by atoms with van der Waals surface area (Å²) >= 11 is 0. The van der Waals surface area contributed by atoms with E-state index in [0.29, 0.717) is 6.10 Å². The van der Waals surface area contributed by atoms with Gasteiger partial charge in [0.1, 0.15) is 0 Å². The van der Waals surface area contributed by atoms with Gasteiger partial charge in [-0.05, 0) is 25.9 Å². The molecule has 0 radical (unpaired) electrons. The van der Waals surface area contributed by atoms with Crippen molar-refractivity contribution in [3.05, 3.63) is 0 Å². The molecule has 0 spiro atoms. The van der Waals surface area contributed by atoms with Crippen LogP contribution in [0.1, 0.15) is 12.8 Å². The largest absolute Gasteiger partial charge is 0.377 e. The summed E-state index contributed by atoms with van der Waals surface area (Å²) in [6.07, 6.45) is 2.72. The molecule has 0 unspecified atom stereocenters. The molecule has 0 atom stereocenters. The third kappa shape index (κ3) is 4.57. The van der Waals surface area contributed by atoms with Crippen molar-refractivity contribution in [2.75, 3.05) is 40.4 Å². The highest BCUT2D eigenvalue weighted by Gasteiger charge is 2.12. The van der Waals surface area contributed by atoms with Crippen molar-refractivity contribution in [2.24, 2.45) is 0 Å². The topological polar surface area (TPSA) is 33.7 Å². The quantitative estimate of drug-likeness (QED) is 0.627. The molecule has 4 heteroatoms. The van der Waals surface area contributed by atoms with E-state index in [1.165, 1.54) is 0 Å². The van der Waals surface area contributed by atoms with Crippen molar-refractivity contribution in [1.29, 1.82) is 0 Å². The van der Waals surface area contributed by atoms with E-state index >= 15 is 0 Å². The van der Waals surface area contributed by atoms with E-state index in [0.717, 1.165) is 39.1 Å². The van der Waals surface area contributed by atoms with Gasteiger partial charge in [-0.3, -0.25) is 0 Å². The Morgan fingerprint density at radius 3 is 2.69 bits per heavy atom. The van der Waals surface area contributed by atoms with Crippen LogP contribution in [0.25, 0.3) is 0 Å². The van der Waals surface area contributed by atoms with Crippen LogP contribution in [-0.4, -0.2) is 51.6 Å². The summed E-state index contributed by atoms with van der Waals surface area (Å²) in [6.45, 7) is 3.77. The van der Waals surface area contributed by atoms with Gasteiger partial charge in [0.2, 0.25) is 0 Å². The molecule has 0 bridgehead atoms. The maximum atomic E-state index is 5.69. The third-order valence-electron chi connectivity index (χ3n) is 2.36. The Balaban J connectivity index is 1.98. The number of rotatable bonds is 5. The normalized spacial score (nSPS) is 19.6. The first kappa shape index (κ1) is 10.9. The predicted octanol–water partition coefficient (Wildman–Crippen LogP) is 0.248. The van der Waals surface area contributed by atoms with E-state index in [-0.39, 0.29) is 0 Å². The molecule has 13 heavy (non-hydrogen) atoms. The second kappa shape index (κ2) is 6.32. The lowest BCUT2D eigenvalue weighted by atomic mass is 10.1. The van der Waals surface area contributed by atoms with Gasteiger partial charge >= 0.3 is 0 Å². The lowest BCUT2D eigenvalue weighted by molar-refractivity contribution is -0.125. The maximum Gasteiger partial charge on any atom is 0.0620 e. The molecule has 1 aliphatic heterocycles. The number of hydrogen-bond donors (Lipinski definition) is 1. The van der Waals surface area contributed by atoms with Gasteiger partial charge in [-0.15, -0.1) is 0 Å². The van der Waals surface area contributed by atoms with Crippen molar-refractivity contribution in [3.8, 4) is 0 Å². The number of hydroxylamine groups is 2. The van der Waals surface area contributed by atoms with Crippen LogP contribution < -0.4 is 5.32 Å². The van der Waals surface area contributed by atoms with E-state index in [4.69, 9.17) is 9.57 Å². The minimum Gasteiger partial charge on any atom is -0.377 e. The number of ether oxygens (including phenoxy) is 1. The van der Waals surface area contributed by atoms with Gasteiger partial charge in [-0.1, -0.05) is 0 Å². The fraction of sp³-hybridized carbons (Fsp3) is 1.00. The Hall–Kier alpha value is -0.160. The van der Waals surface area contributed by atoms with Crippen LogP contribution in [0.15, 0.2) is 0 Å². The molecule has 0 aromatic heterocycles. The third-order valence-corrected chi connectivity index (χ3v) is 2.36. The number of piperidine rings is 1. The molecule has 1 heterocycles. The highest BCUT2D eigenvalue weighted by atomic mass is 16.7. The zero-order valence-corrected chi connectivity index (χ0v) is 8.58. The number of nitrogens with zero attached hydrogens (tertiary/aromatic N) is 1. The zero-order chi connectivity index (χ0) is 9.52. The molecule has 1 fully saturated rings. The number of likely N-dealkylation sites (N-methyl/N-ethyl adjacent to an activating group) is 1. The van der Waals surface area contributed by atoms with E-state index in [9.17, 15) is 0 Å². The number of nitrogens with one attached hydrogen (secondary N) is 1. The maximum absolute atomic E-state index is 5.69. The highest BCUT2D eigenvalue weighted by Crippen LogP contribution is 2.06. The summed E-state index contributed by atoms with van der Waals surface area (Å²) in [4.78, 5) is 4.98. The summed E-state index contributed by atoms with van der Waals surface area (Å²) in [5, 5.41) is 5.09. The van der Waals surface area contributed by atoms with Gasteiger partial charge < -0.3 is 14.9 Å². The lowest BCUT2D eigenvalue weighted by Crippen LogP contribution is -2.34. The summed E-state index contributed by atoms with van der Waals surface area (Å²) < 4.78 is 5.69. The molecule has 0 saturated carbocycles. The monoisotopic (exact) mass is 188 g/mol. The Kier molecular flexibility index (Phi) is 5.31. The van der Waals surface area contributed by atoms with Crippen LogP contribution in [-0.2, 0) is 9.57 Å². The Morgan fingerprint density at radius 2 is 2.08 bits per heavy atom. The summed E-state index contributed by atoms with van der Waals surface area (Å²) in [5.74, 6) is 0. The Morgan fingerprint density at radius 1 is 1.38 bits per heavy atom. The summed E-state index contributed by atoms with van der Waals surface area (Å²) in [6, 6.07) is 0. The molecule has 1 saturated heterocycles. The smallest absolute Gasteiger partial charge is 0.0620 e. The Bertz CT molecular complexity index is 127. The highest BCUT2D eigenvalue weighted by molar-refractivity contribution is 4.67. The minimum absolute atomic E-state index is 0.450. The minimum atomic E-state index is 0.450. The van der Waals surface area contributed by atoms with Gasteiger partial charge in [0.25, 0.3) is 0 Å². The summed E-state index contributed by atoms with van der Waals surface area (Å²) in [5.41, 5.74) is 0. The van der Waals surface area contributed by atoms with Gasteiger partial charge in [-0.25, -0.2) is 0 Å². The van der Waals surface area contributed by atoms with E-state index < -0.39 is 0 Å². The fourth-order valence-electron chi connectivity index (χ4n) is 1.40. The first-order valence-corrected chi connectivity index (χ1v) is 4.90. The van der Waals surface area contributed by atoms with E-state index in [2.05, 4.69) is 5.32 Å². The fourth-order valence-corrected chi connectivity index (χ4v) is 1.40. The molecule has 1 N–H and O–H groups in total. The van der Waals surface area contributed by atoms with Crippen molar-refractivity contribution in [1.82, 2.24) is 10.4 Å². The molecule has 0 aromatic rings. The van der Waals surface area contributed by atoms with Crippen molar-refractivity contribution in [3.63, 3.8) is 0 Å². The average Bonchev–Trinajstić information content (AvgIpc) is 2.19. The molecular weight excluding hydrogens is 168 g/mol. The van der Waals surface area contributed by atoms with E-state index in [1.807, 2.05) is 7.05 Å². The van der Waals surface area contributed by atoms with Gasteiger partial charge in [0.15, 0.2) is 0 Å². The van der Waals surface area contributed by atoms with Gasteiger partial charge in [-0.2, -0.15) is 5.06 Å². The molecule has 0 amide bonds. The van der Waals surface area contributed by atoms with Crippen molar-refractivity contribution >= 4 is 0 Å². The van der Waals surface area contributed by atoms with Crippen molar-refractivity contribution < 1.29 is 9.57 Å². The first-order valence-electron chi connectivity index (χ1n) is 4.90. The Labute approximate surface area is 80.1 Å². The van der Waals surface area contributed by atoms with Crippen LogP contribution in [0.2, 0.25) is 0 Å².